The lowest BCUT2D eigenvalue weighted by molar-refractivity contribution is 0.0186. The number of nitrogens with one attached hydrogen (secondary N) is 1. The first-order chi connectivity index (χ1) is 10.0. The molecule has 1 saturated heterocycles. The predicted octanol–water partition coefficient (Wildman–Crippen LogP) is 2.59. The van der Waals surface area contributed by atoms with Crippen LogP contribution >= 0.6 is 0 Å². The van der Waals surface area contributed by atoms with Gasteiger partial charge in [0.1, 0.15) is 6.10 Å². The average Bonchev–Trinajstić information content (AvgIpc) is 2.48. The van der Waals surface area contributed by atoms with E-state index in [1.165, 1.54) is 0 Å². The SMILES string of the molecule is CCCS(=O)(=O)Nc1ccc(C(=O)C2CCCCO2)cc1. The van der Waals surface area contributed by atoms with Gasteiger partial charge in [0.05, 0.1) is 5.75 Å². The number of Topliss-reactive ketones (excluding diaryl/α,β-unsaturated/α-hetero) is 1. The largest absolute Gasteiger partial charge is 0.370 e. The molecule has 21 heavy (non-hydrogen) atoms. The molecule has 1 aromatic rings. The van der Waals surface area contributed by atoms with Gasteiger partial charge in [0.15, 0.2) is 5.78 Å². The molecule has 1 aromatic carbocycles. The van der Waals surface area contributed by atoms with Crippen molar-refractivity contribution >= 4 is 21.5 Å². The smallest absolute Gasteiger partial charge is 0.232 e. The Morgan fingerprint density at radius 1 is 1.29 bits per heavy atom. The lowest BCUT2D eigenvalue weighted by atomic mass is 10.00. The van der Waals surface area contributed by atoms with Crippen LogP contribution in [-0.2, 0) is 14.8 Å². The van der Waals surface area contributed by atoms with Crippen molar-refractivity contribution in [3.63, 3.8) is 0 Å². The Hall–Kier alpha value is -1.40. The molecule has 0 aromatic heterocycles. The molecule has 1 N–H and O–H groups in total. The molecular formula is C15H21NO4S. The molecule has 116 valence electrons. The van der Waals surface area contributed by atoms with Gasteiger partial charge in [0.2, 0.25) is 10.0 Å². The van der Waals surface area contributed by atoms with Crippen LogP contribution in [-0.4, -0.2) is 32.7 Å². The maximum Gasteiger partial charge on any atom is 0.232 e. The van der Waals surface area contributed by atoms with E-state index in [4.69, 9.17) is 4.74 Å². The Labute approximate surface area is 125 Å². The maximum atomic E-state index is 12.2. The number of hydrogen-bond acceptors (Lipinski definition) is 4. The van der Waals surface area contributed by atoms with Gasteiger partial charge >= 0.3 is 0 Å². The highest BCUT2D eigenvalue weighted by Crippen LogP contribution is 2.19. The van der Waals surface area contributed by atoms with Crippen LogP contribution in [0.4, 0.5) is 5.69 Å². The van der Waals surface area contributed by atoms with Crippen molar-refractivity contribution in [1.82, 2.24) is 0 Å². The van der Waals surface area contributed by atoms with Gasteiger partial charge < -0.3 is 4.74 Å². The van der Waals surface area contributed by atoms with Crippen molar-refractivity contribution in [2.75, 3.05) is 17.1 Å². The van der Waals surface area contributed by atoms with Gasteiger partial charge in [-0.15, -0.1) is 0 Å². The number of ether oxygens (including phenoxy) is 1. The molecular weight excluding hydrogens is 290 g/mol. The van der Waals surface area contributed by atoms with Gasteiger partial charge in [-0.05, 0) is 49.9 Å². The van der Waals surface area contributed by atoms with Gasteiger partial charge in [0, 0.05) is 17.9 Å². The van der Waals surface area contributed by atoms with Crippen LogP contribution in [0.3, 0.4) is 0 Å². The number of carbonyl (C=O) groups excluding carboxylic acids is 1. The number of benzene rings is 1. The first kappa shape index (κ1) is 16.0. The number of hydrogen-bond donors (Lipinski definition) is 1. The normalized spacial score (nSPS) is 19.2. The monoisotopic (exact) mass is 311 g/mol. The minimum Gasteiger partial charge on any atom is -0.370 e. The fraction of sp³-hybridized carbons (Fsp3) is 0.533. The fourth-order valence-electron chi connectivity index (χ4n) is 2.34. The zero-order chi connectivity index (χ0) is 15.3. The summed E-state index contributed by atoms with van der Waals surface area (Å²) in [5, 5.41) is 0. The summed E-state index contributed by atoms with van der Waals surface area (Å²) in [4.78, 5) is 12.2. The van der Waals surface area contributed by atoms with E-state index in [9.17, 15) is 13.2 Å². The summed E-state index contributed by atoms with van der Waals surface area (Å²) in [5.41, 5.74) is 1.03. The van der Waals surface area contributed by atoms with E-state index >= 15 is 0 Å². The standard InChI is InChI=1S/C15H21NO4S/c1-2-11-21(18,19)16-13-8-6-12(7-9-13)15(17)14-5-3-4-10-20-14/h6-9,14,16H,2-5,10-11H2,1H3. The summed E-state index contributed by atoms with van der Waals surface area (Å²) in [6, 6.07) is 6.51. The van der Waals surface area contributed by atoms with Gasteiger partial charge in [0.25, 0.3) is 0 Å². The molecule has 0 radical (unpaired) electrons. The lowest BCUT2D eigenvalue weighted by Crippen LogP contribution is -2.28. The maximum absolute atomic E-state index is 12.2. The Kier molecular flexibility index (Phi) is 5.36. The van der Waals surface area contributed by atoms with E-state index in [0.717, 1.165) is 19.3 Å². The Bertz CT molecular complexity index is 574. The number of carbonyl (C=O) groups is 1. The molecule has 5 nitrogen and oxygen atoms in total. The van der Waals surface area contributed by atoms with Gasteiger partial charge in [-0.25, -0.2) is 8.42 Å². The van der Waals surface area contributed by atoms with E-state index in [1.807, 2.05) is 6.92 Å². The summed E-state index contributed by atoms with van der Waals surface area (Å²) in [6.07, 6.45) is 2.96. The molecule has 1 aliphatic rings. The Morgan fingerprint density at radius 2 is 2.00 bits per heavy atom. The third-order valence-corrected chi connectivity index (χ3v) is 4.88. The number of anilines is 1. The summed E-state index contributed by atoms with van der Waals surface area (Å²) in [5.74, 6) is 0.0570. The highest BCUT2D eigenvalue weighted by molar-refractivity contribution is 7.92. The van der Waals surface area contributed by atoms with Crippen molar-refractivity contribution < 1.29 is 17.9 Å². The Morgan fingerprint density at radius 3 is 2.57 bits per heavy atom. The molecule has 6 heteroatoms. The average molecular weight is 311 g/mol. The van der Waals surface area contributed by atoms with E-state index in [-0.39, 0.29) is 17.6 Å². The third-order valence-electron chi connectivity index (χ3n) is 3.39. The molecule has 0 amide bonds. The Balaban J connectivity index is 2.03. The molecule has 2 rings (SSSR count). The van der Waals surface area contributed by atoms with Crippen LogP contribution in [0, 0.1) is 0 Å². The van der Waals surface area contributed by atoms with Crippen molar-refractivity contribution in [3.05, 3.63) is 29.8 Å². The van der Waals surface area contributed by atoms with Crippen molar-refractivity contribution in [3.8, 4) is 0 Å². The summed E-state index contributed by atoms with van der Waals surface area (Å²) in [6.45, 7) is 2.44. The van der Waals surface area contributed by atoms with Crippen LogP contribution < -0.4 is 4.72 Å². The second-order valence-electron chi connectivity index (χ2n) is 5.22. The van der Waals surface area contributed by atoms with Gasteiger partial charge in [-0.1, -0.05) is 6.92 Å². The van der Waals surface area contributed by atoms with Crippen LogP contribution in [0.2, 0.25) is 0 Å². The van der Waals surface area contributed by atoms with Crippen molar-refractivity contribution in [2.45, 2.75) is 38.7 Å². The quantitative estimate of drug-likeness (QED) is 0.820. The van der Waals surface area contributed by atoms with E-state index < -0.39 is 10.0 Å². The number of rotatable bonds is 6. The summed E-state index contributed by atoms with van der Waals surface area (Å²) in [7, 11) is -3.30. The van der Waals surface area contributed by atoms with Crippen LogP contribution in [0.25, 0.3) is 0 Å². The molecule has 1 aliphatic heterocycles. The molecule has 0 bridgehead atoms. The summed E-state index contributed by atoms with van der Waals surface area (Å²) >= 11 is 0. The van der Waals surface area contributed by atoms with Crippen LogP contribution in [0.5, 0.6) is 0 Å². The first-order valence-corrected chi connectivity index (χ1v) is 8.93. The molecule has 1 heterocycles. The fourth-order valence-corrected chi connectivity index (χ4v) is 3.47. The molecule has 0 spiro atoms. The topological polar surface area (TPSA) is 72.5 Å². The van der Waals surface area contributed by atoms with Crippen molar-refractivity contribution in [2.24, 2.45) is 0 Å². The van der Waals surface area contributed by atoms with E-state index in [0.29, 0.717) is 24.3 Å². The number of sulfonamides is 1. The van der Waals surface area contributed by atoms with E-state index in [2.05, 4.69) is 4.72 Å². The molecule has 0 saturated carbocycles. The van der Waals surface area contributed by atoms with Gasteiger partial charge in [-0.2, -0.15) is 0 Å². The molecule has 0 aliphatic carbocycles. The lowest BCUT2D eigenvalue weighted by Gasteiger charge is -2.21. The van der Waals surface area contributed by atoms with Crippen molar-refractivity contribution in [1.29, 1.82) is 0 Å². The predicted molar refractivity (Wildman–Crippen MR) is 82.1 cm³/mol. The highest BCUT2D eigenvalue weighted by atomic mass is 32.2. The minimum atomic E-state index is -3.30. The van der Waals surface area contributed by atoms with Gasteiger partial charge in [-0.3, -0.25) is 9.52 Å². The van der Waals surface area contributed by atoms with Crippen LogP contribution in [0.1, 0.15) is 43.0 Å². The molecule has 1 atom stereocenters. The summed E-state index contributed by atoms with van der Waals surface area (Å²) < 4.78 is 31.3. The second kappa shape index (κ2) is 7.04. The second-order valence-corrected chi connectivity index (χ2v) is 7.06. The molecule has 1 fully saturated rings. The number of ketones is 1. The zero-order valence-corrected chi connectivity index (χ0v) is 13.0. The highest BCUT2D eigenvalue weighted by Gasteiger charge is 2.23. The molecule has 1 unspecified atom stereocenters. The minimum absolute atomic E-state index is 0.0299. The third kappa shape index (κ3) is 4.54. The van der Waals surface area contributed by atoms with Crippen LogP contribution in [0.15, 0.2) is 24.3 Å². The van der Waals surface area contributed by atoms with E-state index in [1.54, 1.807) is 24.3 Å². The first-order valence-electron chi connectivity index (χ1n) is 7.28. The zero-order valence-electron chi connectivity index (χ0n) is 12.2.